The zero-order chi connectivity index (χ0) is 18.4. The molecule has 1 saturated heterocycles. The molecule has 0 aromatic heterocycles. The molecule has 0 bridgehead atoms. The second-order valence-corrected chi connectivity index (χ2v) is 4.92. The normalized spacial score (nSPS) is 29.3. The smallest absolute Gasteiger partial charge is 0.339 e. The summed E-state index contributed by atoms with van der Waals surface area (Å²) in [5, 5.41) is 10.0. The highest BCUT2D eigenvalue weighted by Crippen LogP contribution is 2.28. The van der Waals surface area contributed by atoms with Crippen molar-refractivity contribution in [1.29, 1.82) is 0 Å². The molecule has 5 atom stereocenters. The number of hydrogen-bond acceptors (Lipinski definition) is 10. The predicted molar refractivity (Wildman–Crippen MR) is 74.2 cm³/mol. The second kappa shape index (κ2) is 8.60. The van der Waals surface area contributed by atoms with Crippen molar-refractivity contribution in [3.63, 3.8) is 0 Å². The Labute approximate surface area is 137 Å². The van der Waals surface area contributed by atoms with Crippen LogP contribution in [0.1, 0.15) is 27.7 Å². The van der Waals surface area contributed by atoms with Crippen molar-refractivity contribution in [2.24, 2.45) is 0 Å². The van der Waals surface area contributed by atoms with E-state index in [4.69, 9.17) is 23.7 Å². The molecule has 10 nitrogen and oxygen atoms in total. The highest BCUT2D eigenvalue weighted by Gasteiger charge is 2.54. The second-order valence-electron chi connectivity index (χ2n) is 4.92. The van der Waals surface area contributed by atoms with Crippen LogP contribution in [0.15, 0.2) is 0 Å². The summed E-state index contributed by atoms with van der Waals surface area (Å²) >= 11 is 0. The van der Waals surface area contributed by atoms with Crippen molar-refractivity contribution in [2.45, 2.75) is 58.4 Å². The fraction of sp³-hybridized carbons (Fsp3) is 0.714. The van der Waals surface area contributed by atoms with Crippen LogP contribution in [0.2, 0.25) is 0 Å². The maximum absolute atomic E-state index is 12.0. The van der Waals surface area contributed by atoms with Gasteiger partial charge in [-0.3, -0.25) is 14.4 Å². The summed E-state index contributed by atoms with van der Waals surface area (Å²) in [6.45, 7) is 4.75. The fourth-order valence-electron chi connectivity index (χ4n) is 2.20. The van der Waals surface area contributed by atoms with Gasteiger partial charge in [-0.2, -0.15) is 0 Å². The quantitative estimate of drug-likeness (QED) is 0.490. The first kappa shape index (κ1) is 19.8. The first-order valence-corrected chi connectivity index (χ1v) is 7.19. The van der Waals surface area contributed by atoms with Gasteiger partial charge in [-0.1, -0.05) is 0 Å². The molecule has 1 fully saturated rings. The lowest BCUT2D eigenvalue weighted by molar-refractivity contribution is -0.290. The van der Waals surface area contributed by atoms with E-state index in [-0.39, 0.29) is 6.61 Å². The third kappa shape index (κ3) is 5.17. The lowest BCUT2D eigenvalue weighted by Crippen LogP contribution is -2.63. The molecule has 0 radical (unpaired) electrons. The molecule has 1 rings (SSSR count). The maximum atomic E-state index is 12.0. The van der Waals surface area contributed by atoms with E-state index in [1.807, 2.05) is 0 Å². The zero-order valence-corrected chi connectivity index (χ0v) is 13.7. The van der Waals surface area contributed by atoms with Crippen molar-refractivity contribution in [3.05, 3.63) is 0 Å². The number of aliphatic hydroxyl groups excluding tert-OH is 1. The van der Waals surface area contributed by atoms with Gasteiger partial charge in [0.2, 0.25) is 0 Å². The van der Waals surface area contributed by atoms with Crippen LogP contribution >= 0.6 is 0 Å². The molecule has 1 heterocycles. The van der Waals surface area contributed by atoms with E-state index < -0.39 is 54.6 Å². The topological polar surface area (TPSA) is 135 Å². The van der Waals surface area contributed by atoms with Crippen LogP contribution in [-0.4, -0.2) is 66.3 Å². The Morgan fingerprint density at radius 2 is 1.33 bits per heavy atom. The average Bonchev–Trinajstić information content (AvgIpc) is 2.44. The number of aliphatic hydroxyl groups is 1. The molecule has 0 saturated carbocycles. The minimum Gasteiger partial charge on any atom is -0.464 e. The minimum atomic E-state index is -1.79. The van der Waals surface area contributed by atoms with Gasteiger partial charge in [-0.25, -0.2) is 4.79 Å². The third-order valence-corrected chi connectivity index (χ3v) is 2.94. The SMILES string of the molecule is CCOC(=O)[C@H]1O[C@@H](O)[C@H](OC(C)=O)[C@@H](OC(C)=O)[C@@H]1OC(C)=O. The number of carbonyl (C=O) groups is 4. The Hall–Kier alpha value is -2.20. The van der Waals surface area contributed by atoms with Crippen LogP contribution in [0.3, 0.4) is 0 Å². The zero-order valence-electron chi connectivity index (χ0n) is 13.7. The van der Waals surface area contributed by atoms with Crippen molar-refractivity contribution >= 4 is 23.9 Å². The van der Waals surface area contributed by atoms with Gasteiger partial charge in [0.1, 0.15) is 0 Å². The molecule has 0 aromatic rings. The number of hydrogen-bond donors (Lipinski definition) is 1. The summed E-state index contributed by atoms with van der Waals surface area (Å²) in [5.74, 6) is -3.32. The molecular weight excluding hydrogens is 328 g/mol. The molecule has 136 valence electrons. The van der Waals surface area contributed by atoms with E-state index in [0.29, 0.717) is 0 Å². The van der Waals surface area contributed by atoms with E-state index in [2.05, 4.69) is 0 Å². The molecule has 0 spiro atoms. The van der Waals surface area contributed by atoms with E-state index in [1.54, 1.807) is 6.92 Å². The van der Waals surface area contributed by atoms with Crippen LogP contribution in [0.4, 0.5) is 0 Å². The van der Waals surface area contributed by atoms with Gasteiger partial charge in [-0.15, -0.1) is 0 Å². The molecule has 1 aliphatic rings. The van der Waals surface area contributed by atoms with E-state index in [1.165, 1.54) is 0 Å². The lowest BCUT2D eigenvalue weighted by atomic mass is 9.98. The Bertz CT molecular complexity index is 502. The Kier molecular flexibility index (Phi) is 7.11. The largest absolute Gasteiger partial charge is 0.464 e. The molecular formula is C14H20O10. The molecule has 1 N–H and O–H groups in total. The van der Waals surface area contributed by atoms with Crippen LogP contribution in [-0.2, 0) is 42.9 Å². The van der Waals surface area contributed by atoms with Gasteiger partial charge in [0.15, 0.2) is 30.7 Å². The Morgan fingerprint density at radius 3 is 1.79 bits per heavy atom. The van der Waals surface area contributed by atoms with Crippen molar-refractivity contribution in [2.75, 3.05) is 6.61 Å². The van der Waals surface area contributed by atoms with Crippen LogP contribution in [0, 0.1) is 0 Å². The van der Waals surface area contributed by atoms with Crippen molar-refractivity contribution in [3.8, 4) is 0 Å². The molecule has 1 aliphatic heterocycles. The summed E-state index contributed by atoms with van der Waals surface area (Å²) in [5.41, 5.74) is 0. The number of rotatable bonds is 5. The highest BCUT2D eigenvalue weighted by atomic mass is 16.7. The van der Waals surface area contributed by atoms with Gasteiger partial charge in [0.25, 0.3) is 0 Å². The highest BCUT2D eigenvalue weighted by molar-refractivity contribution is 5.77. The molecule has 0 unspecified atom stereocenters. The van der Waals surface area contributed by atoms with Crippen LogP contribution in [0.25, 0.3) is 0 Å². The van der Waals surface area contributed by atoms with E-state index in [0.717, 1.165) is 20.8 Å². The summed E-state index contributed by atoms with van der Waals surface area (Å²) < 4.78 is 24.8. The Balaban J connectivity index is 3.20. The monoisotopic (exact) mass is 348 g/mol. The summed E-state index contributed by atoms with van der Waals surface area (Å²) in [7, 11) is 0. The summed E-state index contributed by atoms with van der Waals surface area (Å²) in [6, 6.07) is 0. The Morgan fingerprint density at radius 1 is 0.875 bits per heavy atom. The number of carbonyl (C=O) groups excluding carboxylic acids is 4. The maximum Gasteiger partial charge on any atom is 0.339 e. The average molecular weight is 348 g/mol. The first-order valence-electron chi connectivity index (χ1n) is 7.19. The predicted octanol–water partition coefficient (Wildman–Crippen LogP) is -0.938. The molecule has 0 amide bonds. The summed E-state index contributed by atoms with van der Waals surface area (Å²) in [4.78, 5) is 45.9. The van der Waals surface area contributed by atoms with E-state index >= 15 is 0 Å². The van der Waals surface area contributed by atoms with Crippen LogP contribution < -0.4 is 0 Å². The molecule has 0 aromatic carbocycles. The van der Waals surface area contributed by atoms with Gasteiger partial charge in [0.05, 0.1) is 6.61 Å². The van der Waals surface area contributed by atoms with Gasteiger partial charge >= 0.3 is 23.9 Å². The van der Waals surface area contributed by atoms with Crippen molar-refractivity contribution in [1.82, 2.24) is 0 Å². The number of ether oxygens (including phenoxy) is 5. The van der Waals surface area contributed by atoms with Gasteiger partial charge in [0, 0.05) is 20.8 Å². The number of esters is 4. The molecule has 0 aliphatic carbocycles. The lowest BCUT2D eigenvalue weighted by Gasteiger charge is -2.41. The van der Waals surface area contributed by atoms with Gasteiger partial charge < -0.3 is 28.8 Å². The van der Waals surface area contributed by atoms with Gasteiger partial charge in [-0.05, 0) is 6.92 Å². The molecule has 10 heteroatoms. The fourth-order valence-corrected chi connectivity index (χ4v) is 2.20. The van der Waals surface area contributed by atoms with E-state index in [9.17, 15) is 24.3 Å². The summed E-state index contributed by atoms with van der Waals surface area (Å²) in [6.07, 6.45) is -7.74. The van der Waals surface area contributed by atoms with Crippen molar-refractivity contribution < 1.29 is 48.0 Å². The minimum absolute atomic E-state index is 0.00713. The standard InChI is InChI=1S/C14H20O10/c1-5-20-13(18)11-9(21-6(2)15)10(22-7(3)16)12(14(19)24-11)23-8(4)17/h9-12,14,19H,5H2,1-4H3/t9-,10-,11-,12+,14+/m0/s1. The van der Waals surface area contributed by atoms with Crippen LogP contribution in [0.5, 0.6) is 0 Å². The molecule has 24 heavy (non-hydrogen) atoms. The first-order chi connectivity index (χ1) is 11.2. The third-order valence-electron chi connectivity index (χ3n) is 2.94.